The van der Waals surface area contributed by atoms with Gasteiger partial charge >= 0.3 is 0 Å². The molecule has 1 aliphatic heterocycles. The maximum atomic E-state index is 12.8. The highest BCUT2D eigenvalue weighted by molar-refractivity contribution is 7.99. The summed E-state index contributed by atoms with van der Waals surface area (Å²) in [7, 11) is -3.00. The van der Waals surface area contributed by atoms with Crippen LogP contribution in [-0.2, 0) is 21.2 Å². The second-order valence-corrected chi connectivity index (χ2v) is 13.9. The fourth-order valence-corrected chi connectivity index (χ4v) is 9.79. The molecule has 1 saturated heterocycles. The van der Waals surface area contributed by atoms with Crippen molar-refractivity contribution in [2.75, 3.05) is 17.3 Å². The van der Waals surface area contributed by atoms with E-state index in [0.29, 0.717) is 29.4 Å². The van der Waals surface area contributed by atoms with E-state index in [1.54, 1.807) is 6.08 Å². The van der Waals surface area contributed by atoms with Crippen LogP contribution in [0.2, 0.25) is 0 Å². The van der Waals surface area contributed by atoms with Crippen LogP contribution in [0.5, 0.6) is 0 Å². The largest absolute Gasteiger partial charge is 0.352 e. The van der Waals surface area contributed by atoms with E-state index in [2.05, 4.69) is 29.0 Å². The van der Waals surface area contributed by atoms with Crippen LogP contribution in [0.15, 0.2) is 17.8 Å². The summed E-state index contributed by atoms with van der Waals surface area (Å²) in [6.07, 6.45) is 10.4. The normalized spacial score (nSPS) is 35.7. The number of nitrogens with zero attached hydrogens (tertiary/aromatic N) is 3. The third-order valence-electron chi connectivity index (χ3n) is 8.37. The molecule has 4 saturated carbocycles. The zero-order valence-corrected chi connectivity index (χ0v) is 20.5. The molecular formula is C23H34N4O3S2. The van der Waals surface area contributed by atoms with E-state index in [1.807, 2.05) is 4.57 Å². The lowest BCUT2D eigenvalue weighted by Gasteiger charge is -2.59. The number of allylic oxidation sites excluding steroid dienone is 1. The summed E-state index contributed by atoms with van der Waals surface area (Å²) in [6.45, 7) is 6.52. The number of nitrogens with one attached hydrogen (secondary N) is 1. The van der Waals surface area contributed by atoms with Gasteiger partial charge in [-0.25, -0.2) is 8.42 Å². The first-order chi connectivity index (χ1) is 15.3. The average Bonchev–Trinajstić information content (AvgIpc) is 3.28. The molecule has 2 atom stereocenters. The molecule has 1 amide bonds. The van der Waals surface area contributed by atoms with Gasteiger partial charge in [-0.1, -0.05) is 17.8 Å². The van der Waals surface area contributed by atoms with Crippen LogP contribution in [0, 0.1) is 23.2 Å². The molecule has 4 aliphatic carbocycles. The Balaban J connectivity index is 1.21. The van der Waals surface area contributed by atoms with Gasteiger partial charge in [-0.2, -0.15) is 0 Å². The molecule has 2 heterocycles. The van der Waals surface area contributed by atoms with Gasteiger partial charge in [0.1, 0.15) is 5.82 Å². The van der Waals surface area contributed by atoms with Crippen LogP contribution in [-0.4, -0.2) is 52.4 Å². The first-order valence-corrected chi connectivity index (χ1v) is 14.7. The smallest absolute Gasteiger partial charge is 0.230 e. The molecule has 0 aromatic carbocycles. The Labute approximate surface area is 195 Å². The van der Waals surface area contributed by atoms with Crippen molar-refractivity contribution in [3.8, 4) is 0 Å². The van der Waals surface area contributed by atoms with Gasteiger partial charge in [0.05, 0.1) is 17.3 Å². The number of aromatic nitrogens is 3. The van der Waals surface area contributed by atoms with E-state index in [1.165, 1.54) is 50.3 Å². The molecule has 0 spiro atoms. The zero-order chi connectivity index (χ0) is 22.5. The maximum Gasteiger partial charge on any atom is 0.230 e. The number of hydrogen-bond acceptors (Lipinski definition) is 6. The van der Waals surface area contributed by atoms with Crippen molar-refractivity contribution < 1.29 is 13.2 Å². The highest BCUT2D eigenvalue weighted by atomic mass is 32.2. The number of rotatable bonds is 8. The Morgan fingerprint density at radius 3 is 2.47 bits per heavy atom. The molecule has 176 valence electrons. The van der Waals surface area contributed by atoms with Gasteiger partial charge in [-0.3, -0.25) is 4.79 Å². The third kappa shape index (κ3) is 4.27. The maximum absolute atomic E-state index is 12.8. The summed E-state index contributed by atoms with van der Waals surface area (Å²) in [5.74, 6) is 3.80. The molecule has 32 heavy (non-hydrogen) atoms. The highest BCUT2D eigenvalue weighted by Gasteiger charge is 2.53. The molecule has 5 fully saturated rings. The van der Waals surface area contributed by atoms with Gasteiger partial charge in [0.25, 0.3) is 0 Å². The van der Waals surface area contributed by atoms with Crippen LogP contribution in [0.25, 0.3) is 0 Å². The van der Waals surface area contributed by atoms with Crippen molar-refractivity contribution in [1.82, 2.24) is 20.1 Å². The molecule has 2 unspecified atom stereocenters. The predicted molar refractivity (Wildman–Crippen MR) is 125 cm³/mol. The Bertz CT molecular complexity index is 968. The van der Waals surface area contributed by atoms with Crippen LogP contribution in [0.4, 0.5) is 0 Å². The standard InChI is InChI=1S/C23H34N4O3S2/c1-3-5-27-21(19-4-6-32(29,30)14-19)25-26-22(27)31-13-20(28)24-15(2)23-10-16-7-17(11-23)9-18(8-16)12-23/h3,15-19H,1,4-14H2,2H3,(H,24,28). The molecule has 5 aliphatic rings. The summed E-state index contributed by atoms with van der Waals surface area (Å²) in [4.78, 5) is 12.8. The Hall–Kier alpha value is -1.35. The Morgan fingerprint density at radius 1 is 1.25 bits per heavy atom. The second-order valence-electron chi connectivity index (χ2n) is 10.7. The minimum absolute atomic E-state index is 0.0383. The highest BCUT2D eigenvalue weighted by Crippen LogP contribution is 2.61. The molecule has 9 heteroatoms. The summed E-state index contributed by atoms with van der Waals surface area (Å²) in [6, 6.07) is 0.203. The summed E-state index contributed by atoms with van der Waals surface area (Å²) < 4.78 is 25.7. The summed E-state index contributed by atoms with van der Waals surface area (Å²) in [5.41, 5.74) is 0.291. The molecule has 4 bridgehead atoms. The molecule has 1 N–H and O–H groups in total. The number of thioether (sulfide) groups is 1. The fraction of sp³-hybridized carbons (Fsp3) is 0.783. The van der Waals surface area contributed by atoms with Gasteiger partial charge in [-0.05, 0) is 75.0 Å². The molecule has 1 aromatic heterocycles. The summed E-state index contributed by atoms with van der Waals surface area (Å²) >= 11 is 1.37. The molecule has 7 nitrogen and oxygen atoms in total. The van der Waals surface area contributed by atoms with Gasteiger partial charge < -0.3 is 9.88 Å². The average molecular weight is 479 g/mol. The quantitative estimate of drug-likeness (QED) is 0.456. The lowest BCUT2D eigenvalue weighted by Crippen LogP contribution is -2.56. The van der Waals surface area contributed by atoms with Crippen LogP contribution in [0.3, 0.4) is 0 Å². The Morgan fingerprint density at radius 2 is 1.91 bits per heavy atom. The van der Waals surface area contributed by atoms with Crippen molar-refractivity contribution in [2.45, 2.75) is 75.5 Å². The van der Waals surface area contributed by atoms with E-state index in [0.717, 1.165) is 17.8 Å². The van der Waals surface area contributed by atoms with E-state index in [-0.39, 0.29) is 35.1 Å². The first-order valence-electron chi connectivity index (χ1n) is 11.9. The summed E-state index contributed by atoms with van der Waals surface area (Å²) in [5, 5.41) is 12.6. The van der Waals surface area contributed by atoms with Crippen molar-refractivity contribution in [1.29, 1.82) is 0 Å². The lowest BCUT2D eigenvalue weighted by atomic mass is 9.48. The Kier molecular flexibility index (Phi) is 5.93. The zero-order valence-electron chi connectivity index (χ0n) is 18.8. The number of amides is 1. The molecular weight excluding hydrogens is 444 g/mol. The number of hydrogen-bond donors (Lipinski definition) is 1. The SMILES string of the molecule is C=CCn1c(SCC(=O)NC(C)C23CC4CC(CC(C4)C2)C3)nnc1C1CCS(=O)(=O)C1. The van der Waals surface area contributed by atoms with Gasteiger partial charge in [-0.15, -0.1) is 16.8 Å². The fourth-order valence-electron chi connectivity index (χ4n) is 7.28. The number of carbonyl (C=O) groups is 1. The van der Waals surface area contributed by atoms with E-state index >= 15 is 0 Å². The van der Waals surface area contributed by atoms with Crippen molar-refractivity contribution in [3.05, 3.63) is 18.5 Å². The lowest BCUT2D eigenvalue weighted by molar-refractivity contribution is -0.123. The predicted octanol–water partition coefficient (Wildman–Crippen LogP) is 3.18. The van der Waals surface area contributed by atoms with Crippen molar-refractivity contribution in [3.63, 3.8) is 0 Å². The topological polar surface area (TPSA) is 93.9 Å². The third-order valence-corrected chi connectivity index (χ3v) is 11.1. The molecule has 0 radical (unpaired) electrons. The minimum Gasteiger partial charge on any atom is -0.352 e. The van der Waals surface area contributed by atoms with Crippen LogP contribution in [0.1, 0.15) is 63.6 Å². The van der Waals surface area contributed by atoms with Crippen LogP contribution >= 0.6 is 11.8 Å². The minimum atomic E-state index is -3.00. The monoisotopic (exact) mass is 478 g/mol. The van der Waals surface area contributed by atoms with Gasteiger partial charge in [0.15, 0.2) is 15.0 Å². The van der Waals surface area contributed by atoms with E-state index < -0.39 is 9.84 Å². The van der Waals surface area contributed by atoms with E-state index in [9.17, 15) is 13.2 Å². The van der Waals surface area contributed by atoms with Crippen molar-refractivity contribution >= 4 is 27.5 Å². The van der Waals surface area contributed by atoms with Crippen LogP contribution < -0.4 is 5.32 Å². The van der Waals surface area contributed by atoms with Crippen molar-refractivity contribution in [2.24, 2.45) is 23.2 Å². The van der Waals surface area contributed by atoms with Gasteiger partial charge in [0, 0.05) is 18.5 Å². The first kappa shape index (κ1) is 22.4. The molecule has 6 rings (SSSR count). The molecule has 1 aromatic rings. The van der Waals surface area contributed by atoms with E-state index in [4.69, 9.17) is 0 Å². The number of carbonyl (C=O) groups excluding carboxylic acids is 1. The second kappa shape index (κ2) is 8.46. The van der Waals surface area contributed by atoms with Gasteiger partial charge in [0.2, 0.25) is 5.91 Å². The number of sulfone groups is 1.